The van der Waals surface area contributed by atoms with Crippen LogP contribution in [0.2, 0.25) is 0 Å². The molecule has 0 atom stereocenters. The van der Waals surface area contributed by atoms with Gasteiger partial charge in [0.2, 0.25) is 5.78 Å². The second-order valence-corrected chi connectivity index (χ2v) is 4.81. The van der Waals surface area contributed by atoms with Gasteiger partial charge in [-0.05, 0) is 36.4 Å². The fourth-order valence-electron chi connectivity index (χ4n) is 2.13. The van der Waals surface area contributed by atoms with Gasteiger partial charge in [-0.15, -0.1) is 0 Å². The van der Waals surface area contributed by atoms with Crippen molar-refractivity contribution in [3.63, 3.8) is 0 Å². The number of carbonyl (C=O) groups is 1. The Hall–Kier alpha value is -2.49. The van der Waals surface area contributed by atoms with E-state index < -0.39 is 0 Å². The van der Waals surface area contributed by atoms with E-state index in [1.54, 1.807) is 32.4 Å². The van der Waals surface area contributed by atoms with Gasteiger partial charge < -0.3 is 14.4 Å². The molecule has 2 aromatic carbocycles. The first kappa shape index (κ1) is 14.9. The summed E-state index contributed by atoms with van der Waals surface area (Å²) in [5.41, 5.74) is 2.09. The lowest BCUT2D eigenvalue weighted by Gasteiger charge is -2.14. The van der Waals surface area contributed by atoms with Crippen molar-refractivity contribution >= 4 is 11.5 Å². The van der Waals surface area contributed by atoms with Crippen molar-refractivity contribution in [1.82, 2.24) is 0 Å². The van der Waals surface area contributed by atoms with Gasteiger partial charge in [-0.2, -0.15) is 0 Å². The summed E-state index contributed by atoms with van der Waals surface area (Å²) in [5.74, 6) is 0.904. The van der Waals surface area contributed by atoms with E-state index in [1.165, 1.54) is 0 Å². The molecule has 4 heteroatoms. The molecule has 4 nitrogen and oxygen atoms in total. The number of carbonyl (C=O) groups excluding carboxylic acids is 1. The lowest BCUT2D eigenvalue weighted by atomic mass is 10.0. The average molecular weight is 285 g/mol. The second kappa shape index (κ2) is 6.31. The molecule has 0 aliphatic heterocycles. The van der Waals surface area contributed by atoms with Crippen LogP contribution in [0.25, 0.3) is 0 Å². The maximum atomic E-state index is 12.7. The summed E-state index contributed by atoms with van der Waals surface area (Å²) in [6.45, 7) is 0. The van der Waals surface area contributed by atoms with Crippen LogP contribution < -0.4 is 14.4 Å². The molecule has 21 heavy (non-hydrogen) atoms. The minimum atomic E-state index is -0.116. The Labute approximate surface area is 124 Å². The predicted octanol–water partition coefficient (Wildman–Crippen LogP) is 3.00. The molecule has 0 saturated carbocycles. The van der Waals surface area contributed by atoms with E-state index in [0.717, 1.165) is 5.69 Å². The van der Waals surface area contributed by atoms with Crippen LogP contribution in [0.5, 0.6) is 11.5 Å². The Morgan fingerprint density at radius 3 is 1.86 bits per heavy atom. The number of anilines is 1. The fourth-order valence-corrected chi connectivity index (χ4v) is 2.13. The quantitative estimate of drug-likeness (QED) is 0.792. The van der Waals surface area contributed by atoms with Crippen LogP contribution in [0.1, 0.15) is 15.9 Å². The Kier molecular flexibility index (Phi) is 4.48. The maximum Gasteiger partial charge on any atom is 0.200 e. The van der Waals surface area contributed by atoms with Crippen LogP contribution in [0.3, 0.4) is 0 Å². The van der Waals surface area contributed by atoms with Gasteiger partial charge in [0, 0.05) is 25.3 Å². The fraction of sp³-hybridized carbons (Fsp3) is 0.235. The molecular formula is C17H19NO3. The van der Waals surface area contributed by atoms with Crippen molar-refractivity contribution in [3.05, 3.63) is 53.6 Å². The van der Waals surface area contributed by atoms with Crippen LogP contribution in [-0.2, 0) is 0 Å². The van der Waals surface area contributed by atoms with Gasteiger partial charge in [-0.1, -0.05) is 6.07 Å². The molecule has 0 spiro atoms. The number of ether oxygens (including phenoxy) is 2. The van der Waals surface area contributed by atoms with E-state index in [0.29, 0.717) is 22.6 Å². The molecule has 0 saturated heterocycles. The third kappa shape index (κ3) is 2.99. The van der Waals surface area contributed by atoms with Gasteiger partial charge in [-0.25, -0.2) is 0 Å². The van der Waals surface area contributed by atoms with E-state index in [4.69, 9.17) is 9.47 Å². The molecule has 2 rings (SSSR count). The minimum absolute atomic E-state index is 0.116. The first-order valence-corrected chi connectivity index (χ1v) is 6.61. The molecule has 0 fully saturated rings. The van der Waals surface area contributed by atoms with Crippen LogP contribution in [-0.4, -0.2) is 34.1 Å². The third-order valence-electron chi connectivity index (χ3n) is 3.30. The lowest BCUT2D eigenvalue weighted by Crippen LogP contribution is -2.10. The Balaban J connectivity index is 2.44. The highest BCUT2D eigenvalue weighted by molar-refractivity contribution is 6.12. The molecule has 0 heterocycles. The lowest BCUT2D eigenvalue weighted by molar-refractivity contribution is 0.103. The highest BCUT2D eigenvalue weighted by Crippen LogP contribution is 2.30. The Morgan fingerprint density at radius 2 is 1.43 bits per heavy atom. The Bertz CT molecular complexity index is 611. The zero-order chi connectivity index (χ0) is 15.4. The number of ketones is 1. The largest absolute Gasteiger partial charge is 0.496 e. The van der Waals surface area contributed by atoms with Crippen molar-refractivity contribution in [2.24, 2.45) is 0 Å². The number of nitrogens with zero attached hydrogens (tertiary/aromatic N) is 1. The smallest absolute Gasteiger partial charge is 0.200 e. The minimum Gasteiger partial charge on any atom is -0.496 e. The van der Waals surface area contributed by atoms with Crippen molar-refractivity contribution in [1.29, 1.82) is 0 Å². The number of hydrogen-bond acceptors (Lipinski definition) is 4. The third-order valence-corrected chi connectivity index (χ3v) is 3.30. The molecule has 2 aromatic rings. The van der Waals surface area contributed by atoms with Crippen LogP contribution in [0, 0.1) is 0 Å². The van der Waals surface area contributed by atoms with Gasteiger partial charge in [0.15, 0.2) is 0 Å². The molecule has 0 N–H and O–H groups in total. The summed E-state index contributed by atoms with van der Waals surface area (Å²) in [4.78, 5) is 14.7. The van der Waals surface area contributed by atoms with Gasteiger partial charge in [0.25, 0.3) is 0 Å². The predicted molar refractivity (Wildman–Crippen MR) is 83.7 cm³/mol. The number of hydrogen-bond donors (Lipinski definition) is 0. The molecule has 0 amide bonds. The number of methoxy groups -OCH3 is 2. The van der Waals surface area contributed by atoms with Crippen LogP contribution in [0.4, 0.5) is 5.69 Å². The van der Waals surface area contributed by atoms with Gasteiger partial charge in [0.05, 0.1) is 14.2 Å². The van der Waals surface area contributed by atoms with Crippen LogP contribution in [0.15, 0.2) is 42.5 Å². The molecule has 110 valence electrons. The molecule has 0 unspecified atom stereocenters. The van der Waals surface area contributed by atoms with Crippen molar-refractivity contribution < 1.29 is 14.3 Å². The summed E-state index contributed by atoms with van der Waals surface area (Å²) < 4.78 is 10.6. The topological polar surface area (TPSA) is 38.8 Å². The van der Waals surface area contributed by atoms with Crippen molar-refractivity contribution in [2.45, 2.75) is 0 Å². The summed E-state index contributed by atoms with van der Waals surface area (Å²) >= 11 is 0. The zero-order valence-corrected chi connectivity index (χ0v) is 12.7. The van der Waals surface area contributed by atoms with Crippen LogP contribution >= 0.6 is 0 Å². The average Bonchev–Trinajstić information content (AvgIpc) is 2.53. The molecule has 0 radical (unpaired) electrons. The van der Waals surface area contributed by atoms with Gasteiger partial charge in [-0.3, -0.25) is 4.79 Å². The maximum absolute atomic E-state index is 12.7. The molecule has 0 aliphatic carbocycles. The summed E-state index contributed by atoms with van der Waals surface area (Å²) in [7, 11) is 7.00. The highest BCUT2D eigenvalue weighted by Gasteiger charge is 2.19. The molecule has 0 bridgehead atoms. The normalized spacial score (nSPS) is 10.1. The van der Waals surface area contributed by atoms with E-state index in [-0.39, 0.29) is 5.78 Å². The van der Waals surface area contributed by atoms with E-state index in [9.17, 15) is 4.79 Å². The first-order valence-electron chi connectivity index (χ1n) is 6.61. The monoisotopic (exact) mass is 285 g/mol. The second-order valence-electron chi connectivity index (χ2n) is 4.81. The van der Waals surface area contributed by atoms with E-state index in [2.05, 4.69) is 0 Å². The number of rotatable bonds is 5. The first-order chi connectivity index (χ1) is 10.1. The SMILES string of the molecule is COc1cccc(OC)c1C(=O)c1ccc(N(C)C)cc1. The highest BCUT2D eigenvalue weighted by atomic mass is 16.5. The van der Waals surface area contributed by atoms with Crippen molar-refractivity contribution in [3.8, 4) is 11.5 Å². The summed E-state index contributed by atoms with van der Waals surface area (Å²) in [6.07, 6.45) is 0. The molecule has 0 aromatic heterocycles. The van der Waals surface area contributed by atoms with E-state index in [1.807, 2.05) is 43.3 Å². The number of benzene rings is 2. The van der Waals surface area contributed by atoms with Crippen molar-refractivity contribution in [2.75, 3.05) is 33.2 Å². The standard InChI is InChI=1S/C17H19NO3/c1-18(2)13-10-8-12(9-11-13)17(19)16-14(20-3)6-5-7-15(16)21-4/h5-11H,1-4H3. The van der Waals surface area contributed by atoms with E-state index >= 15 is 0 Å². The zero-order valence-electron chi connectivity index (χ0n) is 12.7. The molecular weight excluding hydrogens is 266 g/mol. The Morgan fingerprint density at radius 1 is 0.905 bits per heavy atom. The summed E-state index contributed by atoms with van der Waals surface area (Å²) in [6, 6.07) is 12.7. The van der Waals surface area contributed by atoms with Gasteiger partial charge in [0.1, 0.15) is 17.1 Å². The van der Waals surface area contributed by atoms with Gasteiger partial charge >= 0.3 is 0 Å². The molecule has 0 aliphatic rings. The summed E-state index contributed by atoms with van der Waals surface area (Å²) in [5, 5.41) is 0.